The molecule has 8 nitrogen and oxygen atoms in total. The zero-order chi connectivity index (χ0) is 25.9. The first-order chi connectivity index (χ1) is 18.5. The number of nitro groups is 1. The summed E-state index contributed by atoms with van der Waals surface area (Å²) in [5.41, 5.74) is 13.6. The highest BCUT2D eigenvalue weighted by Gasteiger charge is 2.34. The number of imidazole rings is 1. The lowest BCUT2D eigenvalue weighted by Gasteiger charge is -2.38. The minimum Gasteiger partial charge on any atom is -0.338 e. The summed E-state index contributed by atoms with van der Waals surface area (Å²) in [6, 6.07) is 26.9. The Hall–Kier alpha value is -3.95. The van der Waals surface area contributed by atoms with Gasteiger partial charge in [0.15, 0.2) is 5.82 Å². The van der Waals surface area contributed by atoms with Crippen LogP contribution < -0.4 is 11.1 Å². The van der Waals surface area contributed by atoms with Crippen molar-refractivity contribution in [1.29, 1.82) is 0 Å². The highest BCUT2D eigenvalue weighted by atomic mass is 35.5. The molecule has 2 aliphatic rings. The van der Waals surface area contributed by atoms with Crippen LogP contribution in [0.1, 0.15) is 24.8 Å². The van der Waals surface area contributed by atoms with Gasteiger partial charge in [-0.15, -0.1) is 37.2 Å². The van der Waals surface area contributed by atoms with Gasteiger partial charge in [0, 0.05) is 40.6 Å². The number of nitrogens with one attached hydrogen (secondary N) is 1. The zero-order valence-corrected chi connectivity index (χ0v) is 24.1. The van der Waals surface area contributed by atoms with Gasteiger partial charge in [-0.3, -0.25) is 14.7 Å². The Labute approximate surface area is 255 Å². The van der Waals surface area contributed by atoms with Crippen LogP contribution in [0.25, 0.3) is 39.6 Å². The van der Waals surface area contributed by atoms with Crippen molar-refractivity contribution in [3.63, 3.8) is 0 Å². The molecule has 3 heterocycles. The van der Waals surface area contributed by atoms with Gasteiger partial charge in [-0.05, 0) is 61.2 Å². The average Bonchev–Trinajstić information content (AvgIpc) is 3.26. The van der Waals surface area contributed by atoms with Crippen molar-refractivity contribution in [3.8, 4) is 39.6 Å². The first kappa shape index (κ1) is 30.0. The van der Waals surface area contributed by atoms with Crippen LogP contribution in [0.4, 0.5) is 17.2 Å². The van der Waals surface area contributed by atoms with Gasteiger partial charge in [-0.2, -0.15) is 0 Å². The second-order valence-corrected chi connectivity index (χ2v) is 9.90. The maximum Gasteiger partial charge on any atom is 0.269 e. The molecule has 0 bridgehead atoms. The van der Waals surface area contributed by atoms with E-state index in [-0.39, 0.29) is 48.4 Å². The second kappa shape index (κ2) is 11.5. The molecule has 5 aromatic rings. The molecule has 1 saturated carbocycles. The van der Waals surface area contributed by atoms with E-state index in [1.54, 1.807) is 18.3 Å². The third-order valence-corrected chi connectivity index (χ3v) is 7.66. The SMILES string of the molecule is Cl.Cl.Cl.NC1(c2ccc(-c3c(-c4ccc([N+](=O)[O-])cc4)nc4n3-c3cccnc3Nc3ccccc3-4)cc2)CCC1. The molecule has 11 heteroatoms. The molecule has 3 N–H and O–H groups in total. The number of pyridine rings is 1. The van der Waals surface area contributed by atoms with E-state index >= 15 is 0 Å². The van der Waals surface area contributed by atoms with E-state index in [9.17, 15) is 10.1 Å². The largest absolute Gasteiger partial charge is 0.338 e. The lowest BCUT2D eigenvalue weighted by atomic mass is 9.72. The Balaban J connectivity index is 0.00000129. The van der Waals surface area contributed by atoms with Crippen molar-refractivity contribution in [2.45, 2.75) is 24.8 Å². The van der Waals surface area contributed by atoms with Crippen LogP contribution in [0.15, 0.2) is 91.1 Å². The monoisotopic (exact) mass is 608 g/mol. The average molecular weight is 610 g/mol. The van der Waals surface area contributed by atoms with E-state index in [0.717, 1.165) is 75.9 Å². The van der Waals surface area contributed by atoms with E-state index in [1.807, 2.05) is 36.4 Å². The number of nitro benzene ring substituents is 1. The number of aromatic nitrogens is 3. The molecule has 41 heavy (non-hydrogen) atoms. The molecular formula is C30H27Cl3N6O2. The third kappa shape index (κ3) is 4.93. The van der Waals surface area contributed by atoms with Crippen molar-refractivity contribution < 1.29 is 4.92 Å². The number of rotatable bonds is 4. The summed E-state index contributed by atoms with van der Waals surface area (Å²) in [5, 5.41) is 14.8. The van der Waals surface area contributed by atoms with Gasteiger partial charge in [0.25, 0.3) is 5.69 Å². The quantitative estimate of drug-likeness (QED) is 0.156. The van der Waals surface area contributed by atoms with Crippen LogP contribution >= 0.6 is 37.2 Å². The molecule has 3 aromatic carbocycles. The molecule has 1 aliphatic heterocycles. The first-order valence-electron chi connectivity index (χ1n) is 12.6. The van der Waals surface area contributed by atoms with Gasteiger partial charge >= 0.3 is 0 Å². The topological polar surface area (TPSA) is 112 Å². The van der Waals surface area contributed by atoms with Gasteiger partial charge in [-0.25, -0.2) is 9.97 Å². The van der Waals surface area contributed by atoms with E-state index in [2.05, 4.69) is 39.1 Å². The van der Waals surface area contributed by atoms with Crippen molar-refractivity contribution in [2.24, 2.45) is 5.73 Å². The molecule has 210 valence electrons. The summed E-state index contributed by atoms with van der Waals surface area (Å²) >= 11 is 0. The fraction of sp³-hybridized carbons (Fsp3) is 0.133. The van der Waals surface area contributed by atoms with Crippen LogP contribution in [0.2, 0.25) is 0 Å². The third-order valence-electron chi connectivity index (χ3n) is 7.66. The van der Waals surface area contributed by atoms with Gasteiger partial charge in [0.1, 0.15) is 5.82 Å². The Kier molecular flexibility index (Phi) is 8.42. The number of hydrogen-bond donors (Lipinski definition) is 2. The van der Waals surface area contributed by atoms with Gasteiger partial charge in [-0.1, -0.05) is 36.4 Å². The van der Waals surface area contributed by atoms with Crippen molar-refractivity contribution in [1.82, 2.24) is 14.5 Å². The van der Waals surface area contributed by atoms with Crippen LogP contribution in [0.3, 0.4) is 0 Å². The van der Waals surface area contributed by atoms with Gasteiger partial charge in [0.2, 0.25) is 0 Å². The fourth-order valence-electron chi connectivity index (χ4n) is 5.44. The maximum absolute atomic E-state index is 11.3. The fourth-order valence-corrected chi connectivity index (χ4v) is 5.44. The van der Waals surface area contributed by atoms with Crippen LogP contribution in [-0.4, -0.2) is 19.5 Å². The molecule has 0 spiro atoms. The molecule has 1 fully saturated rings. The predicted octanol–water partition coefficient (Wildman–Crippen LogP) is 7.84. The molecule has 0 radical (unpaired) electrons. The number of anilines is 2. The van der Waals surface area contributed by atoms with E-state index in [0.29, 0.717) is 0 Å². The second-order valence-electron chi connectivity index (χ2n) is 9.90. The number of nitrogens with zero attached hydrogens (tertiary/aromatic N) is 4. The van der Waals surface area contributed by atoms with Crippen molar-refractivity contribution >= 4 is 54.4 Å². The van der Waals surface area contributed by atoms with Crippen LogP contribution in [-0.2, 0) is 5.54 Å². The van der Waals surface area contributed by atoms with Crippen molar-refractivity contribution in [3.05, 3.63) is 107 Å². The smallest absolute Gasteiger partial charge is 0.269 e. The minimum absolute atomic E-state index is 0. The van der Waals surface area contributed by atoms with Gasteiger partial charge < -0.3 is 11.1 Å². The number of nitrogens with two attached hydrogens (primary N) is 1. The maximum atomic E-state index is 11.3. The Morgan fingerprint density at radius 3 is 2.22 bits per heavy atom. The summed E-state index contributed by atoms with van der Waals surface area (Å²) in [6.45, 7) is 0. The molecule has 0 amide bonds. The predicted molar refractivity (Wildman–Crippen MR) is 169 cm³/mol. The molecular weight excluding hydrogens is 583 g/mol. The molecule has 0 unspecified atom stereocenters. The molecule has 0 saturated heterocycles. The Bertz CT molecular complexity index is 1720. The summed E-state index contributed by atoms with van der Waals surface area (Å²) < 4.78 is 2.13. The lowest BCUT2D eigenvalue weighted by Crippen LogP contribution is -2.43. The molecule has 2 aromatic heterocycles. The van der Waals surface area contributed by atoms with Crippen LogP contribution in [0, 0.1) is 10.1 Å². The van der Waals surface area contributed by atoms with Crippen molar-refractivity contribution in [2.75, 3.05) is 5.32 Å². The Morgan fingerprint density at radius 1 is 0.878 bits per heavy atom. The summed E-state index contributed by atoms with van der Waals surface area (Å²) in [6.07, 6.45) is 4.89. The standard InChI is InChI=1S/C30H24N6O2.3ClH/c31-30(16-4-17-30)21-12-8-20(9-13-21)27-26(19-10-14-22(15-11-19)36(37)38)34-29-23-5-1-2-6-24(23)33-28-25(35(27)29)7-3-18-32-28;;;/h1-3,5-15,18H,4,16-17,31H2,(H,32,33);3*1H. The first-order valence-corrected chi connectivity index (χ1v) is 12.6. The molecule has 1 aliphatic carbocycles. The highest BCUT2D eigenvalue weighted by molar-refractivity contribution is 5.91. The van der Waals surface area contributed by atoms with E-state index < -0.39 is 4.92 Å². The molecule has 7 rings (SSSR count). The van der Waals surface area contributed by atoms with E-state index in [4.69, 9.17) is 10.7 Å². The van der Waals surface area contributed by atoms with Crippen LogP contribution in [0.5, 0.6) is 0 Å². The highest BCUT2D eigenvalue weighted by Crippen LogP contribution is 2.45. The lowest BCUT2D eigenvalue weighted by molar-refractivity contribution is -0.384. The number of halogens is 3. The minimum atomic E-state index is -0.390. The number of benzene rings is 3. The number of hydrogen-bond acceptors (Lipinski definition) is 6. The summed E-state index contributed by atoms with van der Waals surface area (Å²) in [5.74, 6) is 1.49. The Morgan fingerprint density at radius 2 is 1.56 bits per heavy atom. The summed E-state index contributed by atoms with van der Waals surface area (Å²) in [7, 11) is 0. The molecule has 0 atom stereocenters. The van der Waals surface area contributed by atoms with E-state index in [1.165, 1.54) is 12.1 Å². The number of para-hydroxylation sites is 1. The number of fused-ring (bicyclic) bond motifs is 5. The number of non-ortho nitro benzene ring substituents is 1. The summed E-state index contributed by atoms with van der Waals surface area (Å²) in [4.78, 5) is 20.7. The zero-order valence-electron chi connectivity index (χ0n) is 21.7. The normalized spacial score (nSPS) is 13.7. The van der Waals surface area contributed by atoms with Gasteiger partial charge in [0.05, 0.1) is 27.7 Å².